The third-order valence-corrected chi connectivity index (χ3v) is 4.64. The monoisotopic (exact) mass is 398 g/mol. The van der Waals surface area contributed by atoms with Crippen molar-refractivity contribution in [3.05, 3.63) is 42.6 Å². The van der Waals surface area contributed by atoms with Gasteiger partial charge in [0.05, 0.1) is 6.61 Å². The molecule has 1 aromatic heterocycles. The Labute approximate surface area is 172 Å². The van der Waals surface area contributed by atoms with Crippen molar-refractivity contribution in [1.29, 1.82) is 0 Å². The highest BCUT2D eigenvalue weighted by Crippen LogP contribution is 2.30. The van der Waals surface area contributed by atoms with Crippen LogP contribution < -0.4 is 9.64 Å². The van der Waals surface area contributed by atoms with Crippen molar-refractivity contribution in [2.75, 3.05) is 24.6 Å². The number of anilines is 2. The van der Waals surface area contributed by atoms with Gasteiger partial charge in [-0.3, -0.25) is 0 Å². The molecule has 29 heavy (non-hydrogen) atoms. The Morgan fingerprint density at radius 3 is 2.48 bits per heavy atom. The van der Waals surface area contributed by atoms with Crippen molar-refractivity contribution in [2.45, 2.75) is 52.2 Å². The molecular formula is C22H30N4O3. The van der Waals surface area contributed by atoms with Crippen molar-refractivity contribution >= 4 is 17.7 Å². The molecule has 0 bridgehead atoms. The topological polar surface area (TPSA) is 67.8 Å². The quantitative estimate of drug-likeness (QED) is 0.743. The normalized spacial score (nSPS) is 15.1. The number of carbonyl (C=O) groups is 1. The number of likely N-dealkylation sites (tertiary alicyclic amines) is 1. The summed E-state index contributed by atoms with van der Waals surface area (Å²) in [5.74, 6) is 1.17. The number of hydrogen-bond donors (Lipinski definition) is 0. The predicted octanol–water partition coefficient (Wildman–Crippen LogP) is 4.41. The number of hydrogen-bond acceptors (Lipinski definition) is 6. The van der Waals surface area contributed by atoms with Crippen LogP contribution >= 0.6 is 0 Å². The van der Waals surface area contributed by atoms with Crippen LogP contribution in [0.25, 0.3) is 0 Å². The van der Waals surface area contributed by atoms with Crippen LogP contribution in [0, 0.1) is 0 Å². The van der Waals surface area contributed by atoms with Crippen molar-refractivity contribution in [2.24, 2.45) is 0 Å². The van der Waals surface area contributed by atoms with E-state index in [4.69, 9.17) is 9.47 Å². The maximum absolute atomic E-state index is 12.4. The molecule has 0 aliphatic carbocycles. The van der Waals surface area contributed by atoms with E-state index < -0.39 is 5.60 Å². The van der Waals surface area contributed by atoms with Gasteiger partial charge in [-0.2, -0.15) is 4.98 Å². The summed E-state index contributed by atoms with van der Waals surface area (Å²) in [5.41, 5.74) is 0.536. The molecule has 2 heterocycles. The molecule has 1 aromatic carbocycles. The van der Waals surface area contributed by atoms with E-state index in [0.717, 1.165) is 18.5 Å². The summed E-state index contributed by atoms with van der Waals surface area (Å²) in [7, 11) is 0. The number of carbonyl (C=O) groups excluding carboxylic acids is 1. The van der Waals surface area contributed by atoms with E-state index in [-0.39, 0.29) is 12.1 Å². The first kappa shape index (κ1) is 20.9. The minimum Gasteiger partial charge on any atom is -0.478 e. The van der Waals surface area contributed by atoms with Gasteiger partial charge in [0.2, 0.25) is 11.8 Å². The summed E-state index contributed by atoms with van der Waals surface area (Å²) < 4.78 is 11.1. The van der Waals surface area contributed by atoms with E-state index in [9.17, 15) is 4.79 Å². The van der Waals surface area contributed by atoms with E-state index in [1.807, 2.05) is 45.9 Å². The third kappa shape index (κ3) is 5.59. The number of amides is 1. The van der Waals surface area contributed by atoms with Crippen LogP contribution in [0.4, 0.5) is 16.4 Å². The van der Waals surface area contributed by atoms with Crippen LogP contribution in [0.3, 0.4) is 0 Å². The average Bonchev–Trinajstić information content (AvgIpc) is 2.69. The minimum absolute atomic E-state index is 0.174. The lowest BCUT2D eigenvalue weighted by atomic mass is 10.0. The molecular weight excluding hydrogens is 368 g/mol. The molecule has 1 saturated heterocycles. The van der Waals surface area contributed by atoms with Crippen LogP contribution in [0.5, 0.6) is 5.88 Å². The Kier molecular flexibility index (Phi) is 6.56. The van der Waals surface area contributed by atoms with Gasteiger partial charge in [-0.25, -0.2) is 9.78 Å². The first-order chi connectivity index (χ1) is 13.9. The fraction of sp³-hybridized carbons (Fsp3) is 0.500. The standard InChI is InChI=1S/C22H30N4O3/c1-5-28-19-11-14-23-20(24-19)26(17-9-7-6-8-10-17)18-12-15-25(16-13-18)21(27)29-22(2,3)4/h6-11,14,18H,5,12-13,15-16H2,1-4H3. The predicted molar refractivity (Wildman–Crippen MR) is 113 cm³/mol. The molecule has 156 valence electrons. The van der Waals surface area contributed by atoms with E-state index in [0.29, 0.717) is 31.5 Å². The molecule has 7 heteroatoms. The lowest BCUT2D eigenvalue weighted by molar-refractivity contribution is 0.0206. The van der Waals surface area contributed by atoms with Gasteiger partial charge < -0.3 is 19.3 Å². The van der Waals surface area contributed by atoms with Crippen molar-refractivity contribution in [1.82, 2.24) is 14.9 Å². The highest BCUT2D eigenvalue weighted by atomic mass is 16.6. The molecule has 2 aromatic rings. The summed E-state index contributed by atoms with van der Waals surface area (Å²) in [6.07, 6.45) is 3.07. The van der Waals surface area contributed by atoms with Gasteiger partial charge >= 0.3 is 6.09 Å². The summed E-state index contributed by atoms with van der Waals surface area (Å²) >= 11 is 0. The number of ether oxygens (including phenoxy) is 2. The van der Waals surface area contributed by atoms with Gasteiger partial charge in [-0.05, 0) is 52.7 Å². The van der Waals surface area contributed by atoms with Crippen LogP contribution in [0.15, 0.2) is 42.6 Å². The maximum Gasteiger partial charge on any atom is 0.410 e. The van der Waals surface area contributed by atoms with Gasteiger partial charge in [-0.1, -0.05) is 18.2 Å². The van der Waals surface area contributed by atoms with Gasteiger partial charge in [0.1, 0.15) is 5.60 Å². The van der Waals surface area contributed by atoms with Gasteiger partial charge in [0.15, 0.2) is 0 Å². The van der Waals surface area contributed by atoms with Crippen molar-refractivity contribution in [3.63, 3.8) is 0 Å². The fourth-order valence-corrected chi connectivity index (χ4v) is 3.39. The van der Waals surface area contributed by atoms with E-state index >= 15 is 0 Å². The first-order valence-electron chi connectivity index (χ1n) is 10.2. The van der Waals surface area contributed by atoms with Gasteiger partial charge in [0, 0.05) is 37.1 Å². The molecule has 0 unspecified atom stereocenters. The van der Waals surface area contributed by atoms with E-state index in [1.165, 1.54) is 0 Å². The number of para-hydroxylation sites is 1. The largest absolute Gasteiger partial charge is 0.478 e. The lowest BCUT2D eigenvalue weighted by Gasteiger charge is -2.38. The second kappa shape index (κ2) is 9.11. The SMILES string of the molecule is CCOc1ccnc(N(c2ccccc2)C2CCN(C(=O)OC(C)(C)C)CC2)n1. The molecule has 1 aliphatic rings. The second-order valence-electron chi connectivity index (χ2n) is 8.03. The van der Waals surface area contributed by atoms with Crippen LogP contribution in [0.2, 0.25) is 0 Å². The van der Waals surface area contributed by atoms with E-state index in [2.05, 4.69) is 27.0 Å². The Bertz CT molecular complexity index is 799. The fourth-order valence-electron chi connectivity index (χ4n) is 3.39. The number of rotatable bonds is 5. The third-order valence-electron chi connectivity index (χ3n) is 4.64. The van der Waals surface area contributed by atoms with Crippen molar-refractivity contribution < 1.29 is 14.3 Å². The molecule has 0 saturated carbocycles. The summed E-state index contributed by atoms with van der Waals surface area (Å²) in [6.45, 7) is 9.41. The maximum atomic E-state index is 12.4. The Morgan fingerprint density at radius 2 is 1.86 bits per heavy atom. The van der Waals surface area contributed by atoms with Crippen molar-refractivity contribution in [3.8, 4) is 5.88 Å². The summed E-state index contributed by atoms with van der Waals surface area (Å²) in [4.78, 5) is 25.4. The molecule has 1 fully saturated rings. The number of benzene rings is 1. The summed E-state index contributed by atoms with van der Waals surface area (Å²) in [6, 6.07) is 12.0. The smallest absolute Gasteiger partial charge is 0.410 e. The Morgan fingerprint density at radius 1 is 1.17 bits per heavy atom. The molecule has 0 spiro atoms. The van der Waals surface area contributed by atoms with Crippen LogP contribution in [0.1, 0.15) is 40.5 Å². The minimum atomic E-state index is -0.489. The zero-order valence-corrected chi connectivity index (χ0v) is 17.7. The Hall–Kier alpha value is -2.83. The Balaban J connectivity index is 1.78. The first-order valence-corrected chi connectivity index (χ1v) is 10.2. The average molecular weight is 399 g/mol. The van der Waals surface area contributed by atoms with Gasteiger partial charge in [0.25, 0.3) is 0 Å². The van der Waals surface area contributed by atoms with Crippen LogP contribution in [-0.2, 0) is 4.74 Å². The highest BCUT2D eigenvalue weighted by Gasteiger charge is 2.31. The van der Waals surface area contributed by atoms with Gasteiger partial charge in [-0.15, -0.1) is 0 Å². The highest BCUT2D eigenvalue weighted by molar-refractivity contribution is 5.68. The molecule has 3 rings (SSSR count). The summed E-state index contributed by atoms with van der Waals surface area (Å²) in [5, 5.41) is 0. The molecule has 7 nitrogen and oxygen atoms in total. The molecule has 0 N–H and O–H groups in total. The number of aromatic nitrogens is 2. The molecule has 1 aliphatic heterocycles. The van der Waals surface area contributed by atoms with E-state index in [1.54, 1.807) is 17.2 Å². The number of nitrogens with zero attached hydrogens (tertiary/aromatic N) is 4. The zero-order chi connectivity index (χ0) is 20.9. The number of piperidine rings is 1. The lowest BCUT2D eigenvalue weighted by Crippen LogP contribution is -2.47. The molecule has 0 radical (unpaired) electrons. The zero-order valence-electron chi connectivity index (χ0n) is 17.7. The molecule has 0 atom stereocenters. The van der Waals surface area contributed by atoms with Crippen LogP contribution in [-0.4, -0.2) is 52.3 Å². The second-order valence-corrected chi connectivity index (χ2v) is 8.03. The molecule has 1 amide bonds.